The van der Waals surface area contributed by atoms with Crippen LogP contribution in [0.2, 0.25) is 16.6 Å². The zero-order chi connectivity index (χ0) is 27.3. The van der Waals surface area contributed by atoms with Gasteiger partial charge in [-0.3, -0.25) is 4.79 Å². The van der Waals surface area contributed by atoms with Gasteiger partial charge in [0.1, 0.15) is 12.6 Å². The summed E-state index contributed by atoms with van der Waals surface area (Å²) in [6.45, 7) is 27.6. The summed E-state index contributed by atoms with van der Waals surface area (Å²) in [5, 5.41) is 0. The fourth-order valence-electron chi connectivity index (χ4n) is 8.85. The maximum Gasteiger partial charge on any atom is 0.258 e. The summed E-state index contributed by atoms with van der Waals surface area (Å²) in [4.78, 5) is 14.4. The smallest absolute Gasteiger partial charge is 0.258 e. The zero-order valence-electron chi connectivity index (χ0n) is 25.1. The van der Waals surface area contributed by atoms with Gasteiger partial charge in [-0.1, -0.05) is 68.4 Å². The summed E-state index contributed by atoms with van der Waals surface area (Å²) in [7, 11) is -0.489. The Bertz CT molecular complexity index is 854. The Morgan fingerprint density at radius 2 is 1.64 bits per heavy atom. The molecule has 2 saturated carbocycles. The van der Waals surface area contributed by atoms with Gasteiger partial charge in [0.15, 0.2) is 0 Å². The molecule has 0 amide bonds. The fourth-order valence-corrected chi connectivity index (χ4v) is 14.2. The minimum absolute atomic E-state index is 0.0968. The van der Waals surface area contributed by atoms with E-state index < -0.39 is 19.1 Å². The zero-order valence-corrected chi connectivity index (χ0v) is 26.1. The summed E-state index contributed by atoms with van der Waals surface area (Å²) in [6, 6.07) is 0. The molecule has 0 radical (unpaired) electrons. The van der Waals surface area contributed by atoms with E-state index in [-0.39, 0.29) is 30.1 Å². The number of Topliss-reactive ketones (excluding diaryl/α,β-unsaturated/α-hetero) is 1. The molecule has 4 nitrogen and oxygen atoms in total. The summed E-state index contributed by atoms with van der Waals surface area (Å²) in [6.07, 6.45) is 6.37. The molecule has 0 unspecified atom stereocenters. The van der Waals surface area contributed by atoms with Crippen molar-refractivity contribution < 1.29 is 18.7 Å². The lowest BCUT2D eigenvalue weighted by Crippen LogP contribution is -2.57. The Morgan fingerprint density at radius 3 is 2.14 bits per heavy atom. The molecule has 0 aromatic heterocycles. The van der Waals surface area contributed by atoms with Gasteiger partial charge in [0.05, 0.1) is 17.3 Å². The van der Waals surface area contributed by atoms with Crippen molar-refractivity contribution in [2.75, 3.05) is 13.9 Å². The van der Waals surface area contributed by atoms with Crippen LogP contribution in [0.4, 0.5) is 0 Å². The summed E-state index contributed by atoms with van der Waals surface area (Å²) < 4.78 is 19.3. The molecule has 2 fully saturated rings. The van der Waals surface area contributed by atoms with Gasteiger partial charge in [0.2, 0.25) is 0 Å². The number of allylic oxidation sites excluding steroid dienone is 2. The summed E-state index contributed by atoms with van der Waals surface area (Å²) >= 11 is 0. The standard InChI is InChI=1S/C31H54O4Si/c1-13-29(10)18-26(32)30(11)23(8)14-16-31(24(9)28(29)34-19-33-12)17-15-25(27(30)31)35-36(20(2)3,21(4)5)22(6)7/h13,20-24,28H,1,14-19H2,2-12H3/t23-,24+,28+,29-,30+,31+/m1/s1. The number of carbonyl (C=O) groups is 1. The van der Waals surface area contributed by atoms with Crippen molar-refractivity contribution in [3.63, 3.8) is 0 Å². The summed E-state index contributed by atoms with van der Waals surface area (Å²) in [5.41, 5.74) is 1.77. The molecular weight excluding hydrogens is 464 g/mol. The normalized spacial score (nSPS) is 37.4. The molecule has 0 aliphatic heterocycles. The number of ether oxygens (including phenoxy) is 2. The van der Waals surface area contributed by atoms with Crippen LogP contribution in [0.5, 0.6) is 0 Å². The predicted molar refractivity (Wildman–Crippen MR) is 151 cm³/mol. The van der Waals surface area contributed by atoms with Gasteiger partial charge in [-0.15, -0.1) is 6.58 Å². The second-order valence-electron chi connectivity index (χ2n) is 13.6. The first-order valence-electron chi connectivity index (χ1n) is 14.4. The quantitative estimate of drug-likeness (QED) is 0.174. The highest BCUT2D eigenvalue weighted by atomic mass is 28.4. The third-order valence-electron chi connectivity index (χ3n) is 11.0. The second-order valence-corrected chi connectivity index (χ2v) is 19.0. The first kappa shape index (κ1) is 29.6. The fraction of sp³-hybridized carbons (Fsp3) is 0.839. The van der Waals surface area contributed by atoms with Crippen molar-refractivity contribution in [2.24, 2.45) is 28.1 Å². The average Bonchev–Trinajstić information content (AvgIpc) is 3.18. The number of ketones is 1. The number of hydrogen-bond acceptors (Lipinski definition) is 4. The Balaban J connectivity index is 2.30. The molecule has 5 heteroatoms. The van der Waals surface area contributed by atoms with Crippen molar-refractivity contribution in [3.8, 4) is 0 Å². The van der Waals surface area contributed by atoms with E-state index in [9.17, 15) is 4.79 Å². The molecule has 0 heterocycles. The van der Waals surface area contributed by atoms with Crippen LogP contribution < -0.4 is 0 Å². The van der Waals surface area contributed by atoms with E-state index in [1.807, 2.05) is 6.08 Å². The van der Waals surface area contributed by atoms with Crippen LogP contribution in [-0.2, 0) is 18.7 Å². The second kappa shape index (κ2) is 10.3. The molecule has 3 aliphatic rings. The predicted octanol–water partition coefficient (Wildman–Crippen LogP) is 8.44. The Hall–Kier alpha value is -0.913. The van der Waals surface area contributed by atoms with Crippen LogP contribution in [0.3, 0.4) is 0 Å². The highest BCUT2D eigenvalue weighted by molar-refractivity contribution is 6.77. The van der Waals surface area contributed by atoms with Crippen LogP contribution in [0.1, 0.15) is 101 Å². The highest BCUT2D eigenvalue weighted by Gasteiger charge is 2.64. The number of carbonyl (C=O) groups excluding carboxylic acids is 1. The van der Waals surface area contributed by atoms with Crippen LogP contribution >= 0.6 is 0 Å². The maximum atomic E-state index is 14.4. The van der Waals surface area contributed by atoms with Crippen molar-refractivity contribution in [2.45, 2.75) is 124 Å². The van der Waals surface area contributed by atoms with Crippen molar-refractivity contribution >= 4 is 14.1 Å². The molecule has 3 rings (SSSR count). The molecule has 0 N–H and O–H groups in total. The number of rotatable bonds is 9. The molecular formula is C31H54O4Si. The van der Waals surface area contributed by atoms with E-state index in [1.165, 1.54) is 11.3 Å². The molecule has 6 atom stereocenters. The van der Waals surface area contributed by atoms with E-state index in [4.69, 9.17) is 13.9 Å². The first-order valence-corrected chi connectivity index (χ1v) is 16.5. The molecule has 0 saturated heterocycles. The van der Waals surface area contributed by atoms with Crippen LogP contribution in [0.25, 0.3) is 0 Å². The lowest BCUT2D eigenvalue weighted by molar-refractivity contribution is -0.165. The molecule has 2 bridgehead atoms. The van der Waals surface area contributed by atoms with E-state index in [2.05, 4.69) is 75.8 Å². The van der Waals surface area contributed by atoms with Gasteiger partial charge >= 0.3 is 0 Å². The minimum Gasteiger partial charge on any atom is -0.546 e. The van der Waals surface area contributed by atoms with Crippen LogP contribution in [-0.4, -0.2) is 34.1 Å². The highest BCUT2D eigenvalue weighted by Crippen LogP contribution is 2.68. The van der Waals surface area contributed by atoms with Crippen molar-refractivity contribution in [1.82, 2.24) is 0 Å². The Labute approximate surface area is 222 Å². The minimum atomic E-state index is -2.16. The van der Waals surface area contributed by atoms with Gasteiger partial charge in [-0.2, -0.15) is 0 Å². The molecule has 36 heavy (non-hydrogen) atoms. The van der Waals surface area contributed by atoms with E-state index in [0.717, 1.165) is 25.7 Å². The molecule has 3 aliphatic carbocycles. The van der Waals surface area contributed by atoms with Gasteiger partial charge in [0.25, 0.3) is 8.32 Å². The Kier molecular flexibility index (Phi) is 8.51. The van der Waals surface area contributed by atoms with Gasteiger partial charge in [0, 0.05) is 30.8 Å². The number of methoxy groups -OCH3 is 1. The van der Waals surface area contributed by atoms with Crippen LogP contribution in [0, 0.1) is 28.1 Å². The lowest BCUT2D eigenvalue weighted by Gasteiger charge is -2.58. The van der Waals surface area contributed by atoms with Crippen molar-refractivity contribution in [1.29, 1.82) is 0 Å². The topological polar surface area (TPSA) is 44.8 Å². The third kappa shape index (κ3) is 4.20. The maximum absolute atomic E-state index is 14.4. The molecule has 0 aromatic rings. The largest absolute Gasteiger partial charge is 0.546 e. The molecule has 206 valence electrons. The average molecular weight is 519 g/mol. The van der Waals surface area contributed by atoms with Crippen LogP contribution in [0.15, 0.2) is 24.0 Å². The van der Waals surface area contributed by atoms with Gasteiger partial charge in [-0.25, -0.2) is 0 Å². The van der Waals surface area contributed by atoms with E-state index >= 15 is 0 Å². The lowest BCUT2D eigenvalue weighted by atomic mass is 9.46. The number of hydrogen-bond donors (Lipinski definition) is 0. The SMILES string of the molecule is C=C[C@]1(C)CC(=O)[C@@]2(C)C3=C(O[Si](C(C)C)(C(C)C)C(C)C)CC[C@@]3(CC[C@H]2C)[C@@H](C)[C@@H]1OCOC. The first-order chi connectivity index (χ1) is 16.7. The van der Waals surface area contributed by atoms with Crippen molar-refractivity contribution in [3.05, 3.63) is 24.0 Å². The monoisotopic (exact) mass is 518 g/mol. The third-order valence-corrected chi connectivity index (χ3v) is 17.1. The van der Waals surface area contributed by atoms with E-state index in [1.54, 1.807) is 7.11 Å². The molecule has 0 aromatic carbocycles. The molecule has 0 spiro atoms. The Morgan fingerprint density at radius 1 is 1.06 bits per heavy atom. The van der Waals surface area contributed by atoms with Gasteiger partial charge in [-0.05, 0) is 60.2 Å². The summed E-state index contributed by atoms with van der Waals surface area (Å²) in [5.74, 6) is 2.00. The van der Waals surface area contributed by atoms with Gasteiger partial charge < -0.3 is 13.9 Å². The van der Waals surface area contributed by atoms with E-state index in [0.29, 0.717) is 28.8 Å².